The zero-order valence-corrected chi connectivity index (χ0v) is 20.8. The molecule has 1 heterocycles. The molecule has 5 aliphatic rings. The summed E-state index contributed by atoms with van der Waals surface area (Å²) in [5, 5.41) is 62.2. The van der Waals surface area contributed by atoms with E-state index < -0.39 is 42.9 Å². The molecule has 5 rings (SSSR count). The van der Waals surface area contributed by atoms with Crippen molar-refractivity contribution in [3.8, 4) is 0 Å². The van der Waals surface area contributed by atoms with Crippen LogP contribution in [0.25, 0.3) is 0 Å². The second-order valence-electron chi connectivity index (χ2n) is 13.2. The monoisotopic (exact) mass is 484 g/mol. The summed E-state index contributed by atoms with van der Waals surface area (Å²) in [6, 6.07) is 0. The quantitative estimate of drug-likeness (QED) is 0.324. The van der Waals surface area contributed by atoms with Gasteiger partial charge in [0.05, 0.1) is 18.3 Å². The van der Waals surface area contributed by atoms with E-state index in [1.54, 1.807) is 0 Å². The Morgan fingerprint density at radius 1 is 0.882 bits per heavy atom. The zero-order chi connectivity index (χ0) is 24.7. The molecule has 2 bridgehead atoms. The lowest BCUT2D eigenvalue weighted by Gasteiger charge is -2.65. The minimum atomic E-state index is -1.47. The van der Waals surface area contributed by atoms with Crippen molar-refractivity contribution in [1.29, 1.82) is 0 Å². The molecule has 2 unspecified atom stereocenters. The first-order chi connectivity index (χ1) is 15.9. The van der Waals surface area contributed by atoms with Crippen LogP contribution in [0.15, 0.2) is 0 Å². The molecule has 0 amide bonds. The Kier molecular flexibility index (Phi) is 6.22. The molecule has 1 saturated heterocycles. The number of rotatable bonds is 4. The summed E-state index contributed by atoms with van der Waals surface area (Å²) in [5.74, 6) is 1.12. The van der Waals surface area contributed by atoms with Crippen LogP contribution >= 0.6 is 0 Å². The van der Waals surface area contributed by atoms with Crippen molar-refractivity contribution >= 4 is 0 Å². The molecule has 8 nitrogen and oxygen atoms in total. The molecule has 196 valence electrons. The summed E-state index contributed by atoms with van der Waals surface area (Å²) >= 11 is 0. The van der Waals surface area contributed by atoms with E-state index in [2.05, 4.69) is 13.8 Å². The molecular formula is C26H44O8. The van der Waals surface area contributed by atoms with Gasteiger partial charge < -0.3 is 40.1 Å². The molecule has 34 heavy (non-hydrogen) atoms. The molecule has 6 N–H and O–H groups in total. The highest BCUT2D eigenvalue weighted by molar-refractivity contribution is 5.17. The zero-order valence-electron chi connectivity index (χ0n) is 20.8. The van der Waals surface area contributed by atoms with Crippen LogP contribution in [0.1, 0.15) is 72.1 Å². The van der Waals surface area contributed by atoms with Crippen molar-refractivity contribution in [2.45, 2.75) is 115 Å². The molecule has 1 aliphatic heterocycles. The van der Waals surface area contributed by atoms with Gasteiger partial charge in [-0.15, -0.1) is 0 Å². The average molecular weight is 485 g/mol. The van der Waals surface area contributed by atoms with Crippen LogP contribution in [0.3, 0.4) is 0 Å². The Hall–Kier alpha value is -0.320. The number of fused-ring (bicyclic) bond motifs is 3. The first kappa shape index (κ1) is 25.3. The van der Waals surface area contributed by atoms with Gasteiger partial charge in [-0.25, -0.2) is 0 Å². The fourth-order valence-electron chi connectivity index (χ4n) is 9.69. The Morgan fingerprint density at radius 2 is 1.62 bits per heavy atom. The summed E-state index contributed by atoms with van der Waals surface area (Å²) in [6.45, 7) is 6.03. The van der Waals surface area contributed by atoms with Crippen LogP contribution in [0, 0.1) is 34.0 Å². The summed E-state index contributed by atoms with van der Waals surface area (Å²) < 4.78 is 11.9. The number of ether oxygens (including phenoxy) is 2. The van der Waals surface area contributed by atoms with Gasteiger partial charge in [0.2, 0.25) is 0 Å². The van der Waals surface area contributed by atoms with Gasteiger partial charge >= 0.3 is 0 Å². The van der Waals surface area contributed by atoms with Crippen molar-refractivity contribution in [3.05, 3.63) is 0 Å². The largest absolute Gasteiger partial charge is 0.396 e. The maximum Gasteiger partial charge on any atom is 0.186 e. The second kappa shape index (κ2) is 8.35. The molecular weight excluding hydrogens is 440 g/mol. The molecule has 0 aromatic carbocycles. The van der Waals surface area contributed by atoms with Crippen LogP contribution in [-0.4, -0.2) is 86.3 Å². The molecule has 4 saturated carbocycles. The van der Waals surface area contributed by atoms with Crippen molar-refractivity contribution in [2.75, 3.05) is 13.2 Å². The van der Waals surface area contributed by atoms with Crippen molar-refractivity contribution < 1.29 is 40.1 Å². The van der Waals surface area contributed by atoms with Gasteiger partial charge in [0.15, 0.2) is 6.29 Å². The lowest BCUT2D eigenvalue weighted by molar-refractivity contribution is -0.323. The second-order valence-corrected chi connectivity index (χ2v) is 13.2. The van der Waals surface area contributed by atoms with E-state index in [1.165, 1.54) is 0 Å². The molecule has 0 aromatic heterocycles. The molecule has 0 radical (unpaired) electrons. The normalized spacial score (nSPS) is 59.4. The van der Waals surface area contributed by atoms with E-state index in [-0.39, 0.29) is 29.0 Å². The van der Waals surface area contributed by atoms with Crippen LogP contribution in [0.5, 0.6) is 0 Å². The fraction of sp³-hybridized carbons (Fsp3) is 1.00. The van der Waals surface area contributed by atoms with Crippen molar-refractivity contribution in [3.63, 3.8) is 0 Å². The SMILES string of the molecule is CC1(CO)CC(O[C@@H]2O[C@H](CO)[C@@H](O)[C@@H](O)[C@H]2O)C[C@@]2(C)[C@H]1CC[C@]13C[C@@H](CC[C@@H]12)[C@@](C)(O)C3. The maximum absolute atomic E-state index is 11.1. The lowest BCUT2D eigenvalue weighted by atomic mass is 9.40. The van der Waals surface area contributed by atoms with Gasteiger partial charge in [0, 0.05) is 6.61 Å². The first-order valence-electron chi connectivity index (χ1n) is 13.2. The highest BCUT2D eigenvalue weighted by atomic mass is 16.7. The smallest absolute Gasteiger partial charge is 0.186 e. The van der Waals surface area contributed by atoms with Crippen LogP contribution in [0.4, 0.5) is 0 Å². The Bertz CT molecular complexity index is 774. The van der Waals surface area contributed by atoms with E-state index in [9.17, 15) is 30.6 Å². The fourth-order valence-corrected chi connectivity index (χ4v) is 9.69. The van der Waals surface area contributed by atoms with Crippen LogP contribution in [-0.2, 0) is 9.47 Å². The van der Waals surface area contributed by atoms with E-state index in [0.717, 1.165) is 44.9 Å². The van der Waals surface area contributed by atoms with Gasteiger partial charge in [-0.2, -0.15) is 0 Å². The van der Waals surface area contributed by atoms with E-state index in [4.69, 9.17) is 9.47 Å². The summed E-state index contributed by atoms with van der Waals surface area (Å²) in [7, 11) is 0. The predicted octanol–water partition coefficient (Wildman–Crippen LogP) is 0.938. The minimum Gasteiger partial charge on any atom is -0.396 e. The highest BCUT2D eigenvalue weighted by Gasteiger charge is 2.67. The number of hydrogen-bond acceptors (Lipinski definition) is 8. The minimum absolute atomic E-state index is 0.0435. The third-order valence-corrected chi connectivity index (χ3v) is 11.0. The van der Waals surface area contributed by atoms with Crippen LogP contribution < -0.4 is 0 Å². The van der Waals surface area contributed by atoms with E-state index in [0.29, 0.717) is 24.2 Å². The van der Waals surface area contributed by atoms with Gasteiger partial charge in [-0.3, -0.25) is 0 Å². The first-order valence-corrected chi connectivity index (χ1v) is 13.2. The number of aliphatic hydroxyl groups excluding tert-OH is 5. The Balaban J connectivity index is 1.42. The van der Waals surface area contributed by atoms with Gasteiger partial charge in [0.1, 0.15) is 24.4 Å². The van der Waals surface area contributed by atoms with E-state index >= 15 is 0 Å². The average Bonchev–Trinajstić information content (AvgIpc) is 2.96. The third kappa shape index (κ3) is 3.63. The van der Waals surface area contributed by atoms with Crippen molar-refractivity contribution in [2.24, 2.45) is 34.0 Å². The predicted molar refractivity (Wildman–Crippen MR) is 122 cm³/mol. The molecule has 1 spiro atoms. The maximum atomic E-state index is 11.1. The standard InChI is InChI=1S/C26H44O8/c1-23(13-28)9-15(33-22-21(31)20(30)19(29)16(11-27)34-22)10-24(2)17(23)6-7-26-8-14(4-5-18(24)26)25(3,32)12-26/h14-22,27-32H,4-13H2,1-3H3/t14-,15?,16-,17+,18-,19-,20-,21-,22-,23?,24+,25+,26-/m1/s1. The number of hydrogen-bond donors (Lipinski definition) is 6. The molecule has 0 aromatic rings. The molecule has 8 heteroatoms. The van der Waals surface area contributed by atoms with E-state index in [1.807, 2.05) is 6.92 Å². The summed E-state index contributed by atoms with van der Waals surface area (Å²) in [6.07, 6.45) is 0.692. The molecule has 13 atom stereocenters. The Morgan fingerprint density at radius 3 is 2.29 bits per heavy atom. The number of aliphatic hydroxyl groups is 6. The summed E-state index contributed by atoms with van der Waals surface area (Å²) in [5.41, 5.74) is -0.943. The van der Waals surface area contributed by atoms with Crippen LogP contribution in [0.2, 0.25) is 0 Å². The summed E-state index contributed by atoms with van der Waals surface area (Å²) in [4.78, 5) is 0. The van der Waals surface area contributed by atoms with Gasteiger partial charge in [-0.05, 0) is 92.3 Å². The van der Waals surface area contributed by atoms with Gasteiger partial charge in [-0.1, -0.05) is 13.8 Å². The highest BCUT2D eigenvalue weighted by Crippen LogP contribution is 2.73. The third-order valence-electron chi connectivity index (χ3n) is 11.0. The topological polar surface area (TPSA) is 140 Å². The van der Waals surface area contributed by atoms with Crippen molar-refractivity contribution in [1.82, 2.24) is 0 Å². The molecule has 5 fully saturated rings. The Labute approximate surface area is 202 Å². The molecule has 4 aliphatic carbocycles. The van der Waals surface area contributed by atoms with Gasteiger partial charge in [0.25, 0.3) is 0 Å². The lowest BCUT2D eigenvalue weighted by Crippen LogP contribution is -2.62.